The van der Waals surface area contributed by atoms with Crippen LogP contribution in [-0.2, 0) is 6.54 Å². The molecule has 0 unspecified atom stereocenters. The first-order valence-corrected chi connectivity index (χ1v) is 10.5. The van der Waals surface area contributed by atoms with Gasteiger partial charge in [-0.1, -0.05) is 89.1 Å². The summed E-state index contributed by atoms with van der Waals surface area (Å²) in [4.78, 5) is 0. The van der Waals surface area contributed by atoms with Gasteiger partial charge in [0.2, 0.25) is 0 Å². The molecule has 0 radical (unpaired) electrons. The third-order valence-electron chi connectivity index (χ3n) is 4.86. The molecule has 3 heteroatoms. The second-order valence-electron chi connectivity index (χ2n) is 7.22. The van der Waals surface area contributed by atoms with Crippen LogP contribution in [0.3, 0.4) is 0 Å². The van der Waals surface area contributed by atoms with E-state index >= 15 is 0 Å². The molecule has 0 atom stereocenters. The van der Waals surface area contributed by atoms with E-state index in [0.717, 1.165) is 12.1 Å². The van der Waals surface area contributed by atoms with Crippen LogP contribution in [0.25, 0.3) is 0 Å². The molecule has 142 valence electrons. The Morgan fingerprint density at radius 3 is 1.88 bits per heavy atom. The van der Waals surface area contributed by atoms with Gasteiger partial charge in [0.05, 0.1) is 11.8 Å². The monoisotopic (exact) mass is 347 g/mol. The molecule has 1 rings (SSSR count). The molecular weight excluding hydrogens is 308 g/mol. The lowest BCUT2D eigenvalue weighted by Gasteiger charge is -2.03. The van der Waals surface area contributed by atoms with Gasteiger partial charge in [-0.15, -0.1) is 0 Å². The van der Waals surface area contributed by atoms with Crippen molar-refractivity contribution in [3.63, 3.8) is 0 Å². The highest BCUT2D eigenvalue weighted by Crippen LogP contribution is 2.12. The topological polar surface area (TPSA) is 36.5 Å². The first kappa shape index (κ1) is 21.7. The molecule has 1 aromatic rings. The van der Waals surface area contributed by atoms with E-state index in [9.17, 15) is 0 Å². The molecule has 0 amide bonds. The molecule has 0 aromatic carbocycles. The standard InChI is InChI=1S/C22H38N2O/c1-2-3-4-5-6-7-8-9-10-11-12-13-14-15-18-24-19-16-17-22(21-24)20-23-25/h16-17,19-21H,2-15,18H2,1H3/p+1/b23-20-. The van der Waals surface area contributed by atoms with Crippen LogP contribution < -0.4 is 4.57 Å². The molecule has 0 aliphatic carbocycles. The van der Waals surface area contributed by atoms with Crippen LogP contribution in [0.5, 0.6) is 0 Å². The van der Waals surface area contributed by atoms with Crippen LogP contribution in [0.1, 0.15) is 102 Å². The van der Waals surface area contributed by atoms with E-state index in [-0.39, 0.29) is 0 Å². The van der Waals surface area contributed by atoms with E-state index in [0.29, 0.717) is 0 Å². The zero-order valence-corrected chi connectivity index (χ0v) is 16.3. The number of pyridine rings is 1. The number of nitrogens with zero attached hydrogens (tertiary/aromatic N) is 2. The zero-order valence-electron chi connectivity index (χ0n) is 16.3. The predicted molar refractivity (Wildman–Crippen MR) is 106 cm³/mol. The molecule has 0 aliphatic heterocycles. The largest absolute Gasteiger partial charge is 0.411 e. The fourth-order valence-corrected chi connectivity index (χ4v) is 3.31. The Balaban J connectivity index is 1.87. The third-order valence-corrected chi connectivity index (χ3v) is 4.86. The summed E-state index contributed by atoms with van der Waals surface area (Å²) in [6, 6.07) is 3.95. The average Bonchev–Trinajstić information content (AvgIpc) is 2.63. The lowest BCUT2D eigenvalue weighted by Crippen LogP contribution is -2.33. The van der Waals surface area contributed by atoms with Crippen molar-refractivity contribution in [3.8, 4) is 0 Å². The fraction of sp³-hybridized carbons (Fsp3) is 0.727. The lowest BCUT2D eigenvalue weighted by molar-refractivity contribution is -0.697. The number of unbranched alkanes of at least 4 members (excludes halogenated alkanes) is 13. The maximum Gasteiger partial charge on any atom is 0.177 e. The van der Waals surface area contributed by atoms with E-state index in [1.54, 1.807) is 0 Å². The van der Waals surface area contributed by atoms with Crippen molar-refractivity contribution >= 4 is 6.21 Å². The van der Waals surface area contributed by atoms with Gasteiger partial charge in [0.1, 0.15) is 6.54 Å². The highest BCUT2D eigenvalue weighted by molar-refractivity contribution is 5.77. The molecule has 0 saturated carbocycles. The summed E-state index contributed by atoms with van der Waals surface area (Å²) in [7, 11) is 0. The molecule has 3 nitrogen and oxygen atoms in total. The summed E-state index contributed by atoms with van der Waals surface area (Å²) in [6.45, 7) is 3.33. The van der Waals surface area contributed by atoms with Crippen LogP contribution in [0.15, 0.2) is 29.7 Å². The molecule has 1 N–H and O–H groups in total. The number of rotatable bonds is 16. The van der Waals surface area contributed by atoms with Gasteiger partial charge < -0.3 is 5.21 Å². The summed E-state index contributed by atoms with van der Waals surface area (Å²) in [5.41, 5.74) is 0.940. The predicted octanol–water partition coefficient (Wildman–Crippen LogP) is 6.26. The van der Waals surface area contributed by atoms with Crippen molar-refractivity contribution in [2.75, 3.05) is 0 Å². The Morgan fingerprint density at radius 2 is 1.36 bits per heavy atom. The molecule has 1 aromatic heterocycles. The van der Waals surface area contributed by atoms with Crippen LogP contribution >= 0.6 is 0 Å². The number of hydrogen-bond donors (Lipinski definition) is 1. The summed E-state index contributed by atoms with van der Waals surface area (Å²) in [6.07, 6.45) is 25.1. The summed E-state index contributed by atoms with van der Waals surface area (Å²) in [5.74, 6) is 0. The first-order valence-electron chi connectivity index (χ1n) is 10.5. The molecule has 0 spiro atoms. The minimum absolute atomic E-state index is 0.940. The highest BCUT2D eigenvalue weighted by Gasteiger charge is 2.01. The van der Waals surface area contributed by atoms with Crippen molar-refractivity contribution in [1.82, 2.24) is 0 Å². The molecule has 0 fully saturated rings. The second-order valence-corrected chi connectivity index (χ2v) is 7.22. The second kappa shape index (κ2) is 16.1. The third kappa shape index (κ3) is 12.6. The van der Waals surface area contributed by atoms with Gasteiger partial charge in [0.25, 0.3) is 0 Å². The Labute approximate surface area is 155 Å². The van der Waals surface area contributed by atoms with Gasteiger partial charge in [0.15, 0.2) is 12.4 Å². The van der Waals surface area contributed by atoms with Gasteiger partial charge in [-0.3, -0.25) is 0 Å². The molecular formula is C22H39N2O+. The Hall–Kier alpha value is -1.38. The van der Waals surface area contributed by atoms with Crippen molar-refractivity contribution in [1.29, 1.82) is 0 Å². The SMILES string of the molecule is CCCCCCCCCCCCCCCC[n+]1cccc(/C=N\O)c1. The van der Waals surface area contributed by atoms with Gasteiger partial charge in [0, 0.05) is 12.5 Å². The minimum atomic E-state index is 0.940. The Morgan fingerprint density at radius 1 is 0.840 bits per heavy atom. The Kier molecular flexibility index (Phi) is 14.0. The van der Waals surface area contributed by atoms with Crippen LogP contribution in [-0.4, -0.2) is 11.4 Å². The maximum absolute atomic E-state index is 8.58. The van der Waals surface area contributed by atoms with Gasteiger partial charge in [-0.05, 0) is 12.5 Å². The van der Waals surface area contributed by atoms with Crippen LogP contribution in [0.4, 0.5) is 0 Å². The van der Waals surface area contributed by atoms with E-state index < -0.39 is 0 Å². The number of aryl methyl sites for hydroxylation is 1. The van der Waals surface area contributed by atoms with Crippen LogP contribution in [0, 0.1) is 0 Å². The number of oxime groups is 1. The summed E-state index contributed by atoms with van der Waals surface area (Å²) in [5, 5.41) is 11.7. The summed E-state index contributed by atoms with van der Waals surface area (Å²) < 4.78 is 2.18. The molecule has 0 saturated heterocycles. The quantitative estimate of drug-likeness (QED) is 0.124. The average molecular weight is 348 g/mol. The normalized spacial score (nSPS) is 11.4. The van der Waals surface area contributed by atoms with Crippen molar-refractivity contribution in [2.24, 2.45) is 5.16 Å². The molecule has 0 bridgehead atoms. The highest BCUT2D eigenvalue weighted by atomic mass is 16.4. The van der Waals surface area contributed by atoms with Gasteiger partial charge in [-0.2, -0.15) is 0 Å². The van der Waals surface area contributed by atoms with Gasteiger partial charge >= 0.3 is 0 Å². The van der Waals surface area contributed by atoms with Crippen molar-refractivity contribution < 1.29 is 9.77 Å². The smallest absolute Gasteiger partial charge is 0.177 e. The molecule has 0 aliphatic rings. The van der Waals surface area contributed by atoms with E-state index in [2.05, 4.69) is 22.8 Å². The zero-order chi connectivity index (χ0) is 18.0. The number of hydrogen-bond acceptors (Lipinski definition) is 2. The Bertz CT molecular complexity index is 445. The van der Waals surface area contributed by atoms with Crippen LogP contribution in [0.2, 0.25) is 0 Å². The first-order chi connectivity index (χ1) is 12.4. The van der Waals surface area contributed by atoms with Crippen molar-refractivity contribution in [3.05, 3.63) is 30.1 Å². The lowest BCUT2D eigenvalue weighted by atomic mass is 10.0. The van der Waals surface area contributed by atoms with E-state index in [4.69, 9.17) is 5.21 Å². The van der Waals surface area contributed by atoms with E-state index in [1.165, 1.54) is 96.1 Å². The molecule has 1 heterocycles. The van der Waals surface area contributed by atoms with Gasteiger partial charge in [-0.25, -0.2) is 4.57 Å². The maximum atomic E-state index is 8.58. The number of aromatic nitrogens is 1. The minimum Gasteiger partial charge on any atom is -0.411 e. The fourth-order valence-electron chi connectivity index (χ4n) is 3.31. The summed E-state index contributed by atoms with van der Waals surface area (Å²) >= 11 is 0. The molecule has 25 heavy (non-hydrogen) atoms. The van der Waals surface area contributed by atoms with E-state index in [1.807, 2.05) is 18.3 Å². The van der Waals surface area contributed by atoms with Crippen molar-refractivity contribution in [2.45, 2.75) is 103 Å².